The highest BCUT2D eigenvalue weighted by Crippen LogP contribution is 2.26. The number of rotatable bonds is 3. The Kier molecular flexibility index (Phi) is 3.71. The van der Waals surface area contributed by atoms with Crippen molar-refractivity contribution < 1.29 is 4.74 Å². The standard InChI is InChI=1S/C15H20N4O/c1-18-15(13(16)9-17-18)14-11-19(7-8-20-14)10-12-5-3-2-4-6-12/h2-6,9,14H,7-8,10-11,16H2,1H3. The molecule has 1 aromatic heterocycles. The van der Waals surface area contributed by atoms with Gasteiger partial charge in [-0.2, -0.15) is 5.10 Å². The molecule has 1 aliphatic rings. The maximum Gasteiger partial charge on any atom is 0.114 e. The maximum absolute atomic E-state index is 5.99. The summed E-state index contributed by atoms with van der Waals surface area (Å²) in [5.41, 5.74) is 9.00. The van der Waals surface area contributed by atoms with E-state index in [4.69, 9.17) is 10.5 Å². The van der Waals surface area contributed by atoms with E-state index in [1.807, 2.05) is 17.8 Å². The molecule has 1 saturated heterocycles. The van der Waals surface area contributed by atoms with Crippen molar-refractivity contribution in [2.24, 2.45) is 7.05 Å². The molecule has 2 aromatic rings. The van der Waals surface area contributed by atoms with Gasteiger partial charge >= 0.3 is 0 Å². The van der Waals surface area contributed by atoms with Gasteiger partial charge in [-0.05, 0) is 5.56 Å². The average molecular weight is 272 g/mol. The molecule has 1 aromatic carbocycles. The molecule has 20 heavy (non-hydrogen) atoms. The summed E-state index contributed by atoms with van der Waals surface area (Å²) in [6.45, 7) is 3.46. The van der Waals surface area contributed by atoms with E-state index < -0.39 is 0 Å². The number of aryl methyl sites for hydroxylation is 1. The number of hydrogen-bond acceptors (Lipinski definition) is 4. The van der Waals surface area contributed by atoms with Gasteiger partial charge in [0.15, 0.2) is 0 Å². The lowest BCUT2D eigenvalue weighted by atomic mass is 10.1. The molecule has 0 spiro atoms. The molecule has 0 amide bonds. The van der Waals surface area contributed by atoms with Gasteiger partial charge in [0.25, 0.3) is 0 Å². The van der Waals surface area contributed by atoms with Gasteiger partial charge < -0.3 is 10.5 Å². The Morgan fingerprint density at radius 2 is 2.15 bits per heavy atom. The quantitative estimate of drug-likeness (QED) is 0.921. The van der Waals surface area contributed by atoms with Gasteiger partial charge in [-0.3, -0.25) is 9.58 Å². The minimum absolute atomic E-state index is 0.0000350. The number of morpholine rings is 1. The number of nitrogen functional groups attached to an aromatic ring is 1. The van der Waals surface area contributed by atoms with Crippen LogP contribution in [-0.4, -0.2) is 34.4 Å². The molecule has 5 heteroatoms. The zero-order chi connectivity index (χ0) is 13.9. The number of nitrogens with two attached hydrogens (primary N) is 1. The van der Waals surface area contributed by atoms with Crippen molar-refractivity contribution in [2.75, 3.05) is 25.4 Å². The van der Waals surface area contributed by atoms with E-state index >= 15 is 0 Å². The minimum Gasteiger partial charge on any atom is -0.396 e. The number of hydrogen-bond donors (Lipinski definition) is 1. The van der Waals surface area contributed by atoms with E-state index in [9.17, 15) is 0 Å². The molecule has 1 atom stereocenters. The average Bonchev–Trinajstić information content (AvgIpc) is 2.80. The van der Waals surface area contributed by atoms with Crippen LogP contribution in [0, 0.1) is 0 Å². The summed E-state index contributed by atoms with van der Waals surface area (Å²) >= 11 is 0. The van der Waals surface area contributed by atoms with Gasteiger partial charge in [0, 0.05) is 26.7 Å². The first-order valence-electron chi connectivity index (χ1n) is 6.89. The van der Waals surface area contributed by atoms with E-state index in [2.05, 4.69) is 34.3 Å². The van der Waals surface area contributed by atoms with E-state index in [1.165, 1.54) is 5.56 Å². The molecule has 5 nitrogen and oxygen atoms in total. The zero-order valence-corrected chi connectivity index (χ0v) is 11.7. The fourth-order valence-corrected chi connectivity index (χ4v) is 2.71. The Morgan fingerprint density at radius 1 is 1.35 bits per heavy atom. The fraction of sp³-hybridized carbons (Fsp3) is 0.400. The van der Waals surface area contributed by atoms with Crippen LogP contribution >= 0.6 is 0 Å². The Bertz CT molecular complexity index is 547. The van der Waals surface area contributed by atoms with Crippen molar-refractivity contribution in [1.82, 2.24) is 14.7 Å². The lowest BCUT2D eigenvalue weighted by Crippen LogP contribution is -2.38. The number of nitrogens with zero attached hydrogens (tertiary/aromatic N) is 3. The number of ether oxygens (including phenoxy) is 1. The lowest BCUT2D eigenvalue weighted by Gasteiger charge is -2.33. The fourth-order valence-electron chi connectivity index (χ4n) is 2.71. The summed E-state index contributed by atoms with van der Waals surface area (Å²) in [4.78, 5) is 2.40. The van der Waals surface area contributed by atoms with E-state index in [0.717, 1.165) is 31.9 Å². The third-order valence-electron chi connectivity index (χ3n) is 3.72. The van der Waals surface area contributed by atoms with Crippen LogP contribution in [0.3, 0.4) is 0 Å². The molecule has 1 unspecified atom stereocenters. The van der Waals surface area contributed by atoms with Crippen LogP contribution < -0.4 is 5.73 Å². The Hall–Kier alpha value is -1.85. The number of benzene rings is 1. The molecular weight excluding hydrogens is 252 g/mol. The van der Waals surface area contributed by atoms with E-state index in [0.29, 0.717) is 5.69 Å². The van der Waals surface area contributed by atoms with Crippen molar-refractivity contribution in [3.05, 3.63) is 47.8 Å². The molecule has 0 saturated carbocycles. The molecule has 3 rings (SSSR count). The molecule has 2 heterocycles. The predicted octanol–water partition coefficient (Wildman–Crippen LogP) is 1.58. The molecule has 2 N–H and O–H groups in total. The second-order valence-electron chi connectivity index (χ2n) is 5.19. The normalized spacial score (nSPS) is 20.1. The summed E-state index contributed by atoms with van der Waals surface area (Å²) in [5.74, 6) is 0. The monoisotopic (exact) mass is 272 g/mol. The second kappa shape index (κ2) is 5.64. The zero-order valence-electron chi connectivity index (χ0n) is 11.7. The van der Waals surface area contributed by atoms with Gasteiger partial charge in [-0.25, -0.2) is 0 Å². The first kappa shape index (κ1) is 13.1. The molecule has 0 radical (unpaired) electrons. The van der Waals surface area contributed by atoms with E-state index in [-0.39, 0.29) is 6.10 Å². The van der Waals surface area contributed by atoms with Crippen molar-refractivity contribution >= 4 is 5.69 Å². The molecule has 1 fully saturated rings. The first-order chi connectivity index (χ1) is 9.74. The van der Waals surface area contributed by atoms with Crippen LogP contribution in [0.1, 0.15) is 17.4 Å². The first-order valence-corrected chi connectivity index (χ1v) is 6.89. The van der Waals surface area contributed by atoms with Crippen LogP contribution in [-0.2, 0) is 18.3 Å². The van der Waals surface area contributed by atoms with Gasteiger partial charge in [0.2, 0.25) is 0 Å². The molecule has 0 aliphatic carbocycles. The third-order valence-corrected chi connectivity index (χ3v) is 3.72. The minimum atomic E-state index is -0.0000350. The van der Waals surface area contributed by atoms with Crippen molar-refractivity contribution in [3.63, 3.8) is 0 Å². The number of aromatic nitrogens is 2. The van der Waals surface area contributed by atoms with Crippen molar-refractivity contribution in [1.29, 1.82) is 0 Å². The lowest BCUT2D eigenvalue weighted by molar-refractivity contribution is -0.0362. The van der Waals surface area contributed by atoms with Crippen LogP contribution in [0.25, 0.3) is 0 Å². The molecule has 1 aliphatic heterocycles. The highest BCUT2D eigenvalue weighted by Gasteiger charge is 2.26. The number of anilines is 1. The van der Waals surface area contributed by atoms with Gasteiger partial charge in [0.05, 0.1) is 24.2 Å². The molecular formula is C15H20N4O. The SMILES string of the molecule is Cn1ncc(N)c1C1CN(Cc2ccccc2)CCO1. The van der Waals surface area contributed by atoms with E-state index in [1.54, 1.807) is 6.20 Å². The highest BCUT2D eigenvalue weighted by atomic mass is 16.5. The van der Waals surface area contributed by atoms with Gasteiger partial charge in [-0.15, -0.1) is 0 Å². The van der Waals surface area contributed by atoms with Gasteiger partial charge in [-0.1, -0.05) is 30.3 Å². The van der Waals surface area contributed by atoms with Crippen molar-refractivity contribution in [3.8, 4) is 0 Å². The summed E-state index contributed by atoms with van der Waals surface area (Å²) in [6, 6.07) is 10.5. The summed E-state index contributed by atoms with van der Waals surface area (Å²) in [6.07, 6.45) is 1.69. The molecule has 106 valence electrons. The van der Waals surface area contributed by atoms with Crippen LogP contribution in [0.5, 0.6) is 0 Å². The Balaban J connectivity index is 1.71. The predicted molar refractivity (Wildman–Crippen MR) is 78.0 cm³/mol. The summed E-state index contributed by atoms with van der Waals surface area (Å²) < 4.78 is 7.68. The van der Waals surface area contributed by atoms with Gasteiger partial charge in [0.1, 0.15) is 6.10 Å². The second-order valence-corrected chi connectivity index (χ2v) is 5.19. The Labute approximate surface area is 118 Å². The summed E-state index contributed by atoms with van der Waals surface area (Å²) in [7, 11) is 1.91. The van der Waals surface area contributed by atoms with Crippen LogP contribution in [0.2, 0.25) is 0 Å². The van der Waals surface area contributed by atoms with Crippen LogP contribution in [0.4, 0.5) is 5.69 Å². The molecule has 0 bridgehead atoms. The summed E-state index contributed by atoms with van der Waals surface area (Å²) in [5, 5.41) is 4.19. The largest absolute Gasteiger partial charge is 0.396 e. The third kappa shape index (κ3) is 2.69. The smallest absolute Gasteiger partial charge is 0.114 e. The highest BCUT2D eigenvalue weighted by molar-refractivity contribution is 5.42. The Morgan fingerprint density at radius 3 is 2.85 bits per heavy atom. The maximum atomic E-state index is 5.99. The van der Waals surface area contributed by atoms with Crippen LogP contribution in [0.15, 0.2) is 36.5 Å². The van der Waals surface area contributed by atoms with Crippen molar-refractivity contribution in [2.45, 2.75) is 12.6 Å². The topological polar surface area (TPSA) is 56.3 Å².